The predicted octanol–water partition coefficient (Wildman–Crippen LogP) is 4.80. The zero-order valence-electron chi connectivity index (χ0n) is 16.3. The molecule has 29 heavy (non-hydrogen) atoms. The number of carbonyl (C=O) groups is 1. The lowest BCUT2D eigenvalue weighted by molar-refractivity contribution is 0.0700. The Morgan fingerprint density at radius 3 is 2.38 bits per heavy atom. The van der Waals surface area contributed by atoms with Gasteiger partial charge in [0.1, 0.15) is 4.90 Å². The molecule has 0 fully saturated rings. The molecular formula is C22H24N2O4S. The van der Waals surface area contributed by atoms with Gasteiger partial charge in [0.05, 0.1) is 16.9 Å². The van der Waals surface area contributed by atoms with Gasteiger partial charge in [0.2, 0.25) is 0 Å². The fourth-order valence-corrected chi connectivity index (χ4v) is 4.39. The molecule has 3 N–H and O–H groups in total. The maximum Gasteiger partial charge on any atom is 0.338 e. The van der Waals surface area contributed by atoms with Crippen molar-refractivity contribution in [3.8, 4) is 0 Å². The number of hydrogen-bond donors (Lipinski definition) is 3. The van der Waals surface area contributed by atoms with Crippen molar-refractivity contribution in [2.75, 3.05) is 16.6 Å². The lowest BCUT2D eigenvalue weighted by atomic mass is 10.0. The average Bonchev–Trinajstić information content (AvgIpc) is 2.67. The van der Waals surface area contributed by atoms with Gasteiger partial charge < -0.3 is 10.4 Å². The molecule has 0 aliphatic rings. The standard InChI is InChI=1S/C22H24N2O4S/c1-15(2)13-14-23-18-9-5-6-10-20(18)29(27,28)24-19-12-11-16-7-3-4-8-17(16)21(19)22(25)26/h3-12,15,23-24H,13-14H2,1-2H3,(H,25,26). The number of aromatic carboxylic acids is 1. The first-order chi connectivity index (χ1) is 13.8. The van der Waals surface area contributed by atoms with Crippen LogP contribution in [0.15, 0.2) is 65.6 Å². The molecule has 0 aromatic heterocycles. The monoisotopic (exact) mass is 412 g/mol. The molecule has 0 spiro atoms. The van der Waals surface area contributed by atoms with Gasteiger partial charge in [-0.1, -0.05) is 56.3 Å². The van der Waals surface area contributed by atoms with E-state index in [1.165, 1.54) is 12.1 Å². The first-order valence-corrected chi connectivity index (χ1v) is 10.9. The Morgan fingerprint density at radius 2 is 1.66 bits per heavy atom. The summed E-state index contributed by atoms with van der Waals surface area (Å²) < 4.78 is 28.6. The molecule has 0 unspecified atom stereocenters. The number of hydrogen-bond acceptors (Lipinski definition) is 4. The van der Waals surface area contributed by atoms with Crippen LogP contribution in [0, 0.1) is 5.92 Å². The molecule has 0 radical (unpaired) electrons. The van der Waals surface area contributed by atoms with Crippen molar-refractivity contribution < 1.29 is 18.3 Å². The number of nitrogens with one attached hydrogen (secondary N) is 2. The van der Waals surface area contributed by atoms with Gasteiger partial charge in [0, 0.05) is 6.54 Å². The van der Waals surface area contributed by atoms with Crippen LogP contribution < -0.4 is 10.0 Å². The molecule has 0 amide bonds. The highest BCUT2D eigenvalue weighted by Crippen LogP contribution is 2.30. The predicted molar refractivity (Wildman–Crippen MR) is 116 cm³/mol. The van der Waals surface area contributed by atoms with Gasteiger partial charge >= 0.3 is 5.97 Å². The van der Waals surface area contributed by atoms with E-state index in [4.69, 9.17) is 0 Å². The summed E-state index contributed by atoms with van der Waals surface area (Å²) in [6.45, 7) is 4.83. The summed E-state index contributed by atoms with van der Waals surface area (Å²) in [4.78, 5) is 12.0. The molecule has 0 aliphatic carbocycles. The minimum Gasteiger partial charge on any atom is -0.478 e. The fourth-order valence-electron chi connectivity index (χ4n) is 3.13. The molecular weight excluding hydrogens is 388 g/mol. The first-order valence-electron chi connectivity index (χ1n) is 9.40. The zero-order chi connectivity index (χ0) is 21.0. The van der Waals surface area contributed by atoms with Crippen molar-refractivity contribution in [2.45, 2.75) is 25.2 Å². The number of rotatable bonds is 8. The Labute approximate surface area is 170 Å². The number of anilines is 2. The third-order valence-electron chi connectivity index (χ3n) is 4.60. The van der Waals surface area contributed by atoms with Crippen LogP contribution in [0.5, 0.6) is 0 Å². The highest BCUT2D eigenvalue weighted by Gasteiger charge is 2.22. The van der Waals surface area contributed by atoms with E-state index in [0.29, 0.717) is 23.5 Å². The van der Waals surface area contributed by atoms with Crippen molar-refractivity contribution in [3.05, 3.63) is 66.2 Å². The molecule has 0 bridgehead atoms. The van der Waals surface area contributed by atoms with Gasteiger partial charge in [0.25, 0.3) is 10.0 Å². The largest absolute Gasteiger partial charge is 0.478 e. The van der Waals surface area contributed by atoms with E-state index in [9.17, 15) is 18.3 Å². The molecule has 0 saturated carbocycles. The number of carboxylic acids is 1. The number of sulfonamides is 1. The SMILES string of the molecule is CC(C)CCNc1ccccc1S(=O)(=O)Nc1ccc2ccccc2c1C(=O)O. The zero-order valence-corrected chi connectivity index (χ0v) is 17.2. The summed E-state index contributed by atoms with van der Waals surface area (Å²) in [6, 6.07) is 16.8. The summed E-state index contributed by atoms with van der Waals surface area (Å²) in [5.74, 6) is -0.706. The van der Waals surface area contributed by atoms with Crippen LogP contribution in [0.3, 0.4) is 0 Å². The van der Waals surface area contributed by atoms with Crippen molar-refractivity contribution in [2.24, 2.45) is 5.92 Å². The summed E-state index contributed by atoms with van der Waals surface area (Å²) in [7, 11) is -4.00. The minimum atomic E-state index is -4.00. The van der Waals surface area contributed by atoms with Crippen molar-refractivity contribution in [1.82, 2.24) is 0 Å². The number of fused-ring (bicyclic) bond motifs is 1. The fraction of sp³-hybridized carbons (Fsp3) is 0.227. The number of benzene rings is 3. The lowest BCUT2D eigenvalue weighted by Crippen LogP contribution is -2.18. The smallest absolute Gasteiger partial charge is 0.338 e. The van der Waals surface area contributed by atoms with Crippen molar-refractivity contribution in [1.29, 1.82) is 0 Å². The minimum absolute atomic E-state index is 0.0354. The van der Waals surface area contributed by atoms with E-state index in [0.717, 1.165) is 11.8 Å². The van der Waals surface area contributed by atoms with E-state index in [2.05, 4.69) is 23.9 Å². The highest BCUT2D eigenvalue weighted by atomic mass is 32.2. The molecule has 0 heterocycles. The van der Waals surface area contributed by atoms with Crippen LogP contribution in [0.2, 0.25) is 0 Å². The molecule has 152 valence electrons. The number of para-hydroxylation sites is 1. The van der Waals surface area contributed by atoms with Crippen LogP contribution in [0.4, 0.5) is 11.4 Å². The van der Waals surface area contributed by atoms with Gasteiger partial charge in [-0.3, -0.25) is 4.72 Å². The topological polar surface area (TPSA) is 95.5 Å². The van der Waals surface area contributed by atoms with Gasteiger partial charge in [-0.25, -0.2) is 13.2 Å². The second kappa shape index (κ2) is 8.53. The highest BCUT2D eigenvalue weighted by molar-refractivity contribution is 7.92. The molecule has 0 aliphatic heterocycles. The van der Waals surface area contributed by atoms with E-state index >= 15 is 0 Å². The summed E-state index contributed by atoms with van der Waals surface area (Å²) in [5, 5.41) is 14.1. The van der Waals surface area contributed by atoms with Crippen LogP contribution in [0.1, 0.15) is 30.6 Å². The third kappa shape index (κ3) is 4.68. The Kier molecular flexibility index (Phi) is 6.08. The molecule has 0 saturated heterocycles. The lowest BCUT2D eigenvalue weighted by Gasteiger charge is -2.16. The quantitative estimate of drug-likeness (QED) is 0.494. The molecule has 6 nitrogen and oxygen atoms in total. The van der Waals surface area contributed by atoms with E-state index in [1.807, 2.05) is 0 Å². The summed E-state index contributed by atoms with van der Waals surface area (Å²) in [5.41, 5.74) is 0.448. The van der Waals surface area contributed by atoms with Crippen LogP contribution >= 0.6 is 0 Å². The molecule has 3 rings (SSSR count). The second-order valence-corrected chi connectivity index (χ2v) is 8.88. The van der Waals surface area contributed by atoms with E-state index in [-0.39, 0.29) is 16.1 Å². The van der Waals surface area contributed by atoms with Crippen LogP contribution in [-0.2, 0) is 10.0 Å². The molecule has 0 atom stereocenters. The third-order valence-corrected chi connectivity index (χ3v) is 6.02. The maximum absolute atomic E-state index is 13.1. The molecule has 3 aromatic carbocycles. The summed E-state index contributed by atoms with van der Waals surface area (Å²) >= 11 is 0. The second-order valence-electron chi connectivity index (χ2n) is 7.23. The first kappa shape index (κ1) is 20.7. The number of carboxylic acid groups (broad SMARTS) is 1. The van der Waals surface area contributed by atoms with Crippen LogP contribution in [-0.4, -0.2) is 26.0 Å². The van der Waals surface area contributed by atoms with Crippen molar-refractivity contribution >= 4 is 38.1 Å². The van der Waals surface area contributed by atoms with E-state index < -0.39 is 16.0 Å². The normalized spacial score (nSPS) is 11.6. The Morgan fingerprint density at radius 1 is 0.966 bits per heavy atom. The average molecular weight is 413 g/mol. The summed E-state index contributed by atoms with van der Waals surface area (Å²) in [6.07, 6.45) is 0.898. The van der Waals surface area contributed by atoms with E-state index in [1.54, 1.807) is 48.5 Å². The van der Waals surface area contributed by atoms with Crippen molar-refractivity contribution in [3.63, 3.8) is 0 Å². The Hall–Kier alpha value is -3.06. The van der Waals surface area contributed by atoms with Gasteiger partial charge in [-0.15, -0.1) is 0 Å². The maximum atomic E-state index is 13.1. The van der Waals surface area contributed by atoms with Gasteiger partial charge in [-0.05, 0) is 41.3 Å². The molecule has 3 aromatic rings. The Bertz CT molecular complexity index is 1140. The molecule has 7 heteroatoms. The van der Waals surface area contributed by atoms with Gasteiger partial charge in [-0.2, -0.15) is 0 Å². The van der Waals surface area contributed by atoms with Gasteiger partial charge in [0.15, 0.2) is 0 Å². The van der Waals surface area contributed by atoms with Crippen LogP contribution in [0.25, 0.3) is 10.8 Å². The Balaban J connectivity index is 1.99.